The van der Waals surface area contributed by atoms with Gasteiger partial charge in [-0.15, -0.1) is 0 Å². The van der Waals surface area contributed by atoms with E-state index in [1.165, 1.54) is 6.33 Å². The number of pyridine rings is 1. The highest BCUT2D eigenvalue weighted by Gasteiger charge is 2.13. The van der Waals surface area contributed by atoms with Crippen molar-refractivity contribution < 1.29 is 14.6 Å². The standard InChI is InChI=1S/C10H10N4O3/c11-7(10(15)16)4-17-9-6-2-1-3-12-8(6)13-5-14-9/h1-3,5,7H,4,11H2,(H,15,16). The van der Waals surface area contributed by atoms with Crippen LogP contribution in [0.1, 0.15) is 0 Å². The molecular weight excluding hydrogens is 224 g/mol. The van der Waals surface area contributed by atoms with Gasteiger partial charge in [0.25, 0.3) is 0 Å². The van der Waals surface area contributed by atoms with Crippen LogP contribution in [0.25, 0.3) is 11.0 Å². The predicted octanol–water partition coefficient (Wildman–Crippen LogP) is -0.185. The number of fused-ring (bicyclic) bond motifs is 1. The van der Waals surface area contributed by atoms with E-state index in [4.69, 9.17) is 15.6 Å². The summed E-state index contributed by atoms with van der Waals surface area (Å²) < 4.78 is 5.25. The van der Waals surface area contributed by atoms with Crippen LogP contribution >= 0.6 is 0 Å². The second kappa shape index (κ2) is 4.71. The van der Waals surface area contributed by atoms with Crippen molar-refractivity contribution in [3.05, 3.63) is 24.7 Å². The van der Waals surface area contributed by atoms with Crippen molar-refractivity contribution in [2.45, 2.75) is 6.04 Å². The SMILES string of the molecule is NC(COc1ncnc2ncccc12)C(=O)O. The number of aromatic nitrogens is 3. The molecule has 88 valence electrons. The summed E-state index contributed by atoms with van der Waals surface area (Å²) in [5.74, 6) is -0.846. The Morgan fingerprint density at radius 3 is 3.06 bits per heavy atom. The molecule has 2 aromatic heterocycles. The van der Waals surface area contributed by atoms with Crippen LogP contribution in [0.4, 0.5) is 0 Å². The number of carboxylic acids is 1. The maximum atomic E-state index is 10.5. The van der Waals surface area contributed by atoms with Crippen LogP contribution < -0.4 is 10.5 Å². The minimum Gasteiger partial charge on any atom is -0.480 e. The van der Waals surface area contributed by atoms with Crippen molar-refractivity contribution in [3.63, 3.8) is 0 Å². The lowest BCUT2D eigenvalue weighted by atomic mass is 10.3. The number of ether oxygens (including phenoxy) is 1. The minimum absolute atomic E-state index is 0.156. The monoisotopic (exact) mass is 234 g/mol. The summed E-state index contributed by atoms with van der Waals surface area (Å²) in [6.07, 6.45) is 2.90. The Balaban J connectivity index is 2.21. The van der Waals surface area contributed by atoms with E-state index in [9.17, 15) is 4.79 Å². The van der Waals surface area contributed by atoms with Gasteiger partial charge >= 0.3 is 5.97 Å². The third kappa shape index (κ3) is 2.45. The predicted molar refractivity (Wildman–Crippen MR) is 58.4 cm³/mol. The first-order valence-corrected chi connectivity index (χ1v) is 4.85. The summed E-state index contributed by atoms with van der Waals surface area (Å²) in [5, 5.41) is 9.24. The Bertz CT molecular complexity index is 541. The summed E-state index contributed by atoms with van der Waals surface area (Å²) in [6.45, 7) is -0.156. The molecule has 0 radical (unpaired) electrons. The summed E-state index contributed by atoms with van der Waals surface area (Å²) in [7, 11) is 0. The Morgan fingerprint density at radius 1 is 1.47 bits per heavy atom. The molecule has 0 aliphatic heterocycles. The Morgan fingerprint density at radius 2 is 2.29 bits per heavy atom. The van der Waals surface area contributed by atoms with E-state index in [-0.39, 0.29) is 12.5 Å². The maximum absolute atomic E-state index is 10.5. The van der Waals surface area contributed by atoms with E-state index in [0.29, 0.717) is 11.0 Å². The van der Waals surface area contributed by atoms with Gasteiger partial charge in [0.2, 0.25) is 5.88 Å². The van der Waals surface area contributed by atoms with Crippen LogP contribution in [0.5, 0.6) is 5.88 Å². The van der Waals surface area contributed by atoms with E-state index in [1.807, 2.05) is 0 Å². The van der Waals surface area contributed by atoms with Crippen LogP contribution in [0.15, 0.2) is 24.7 Å². The third-order valence-electron chi connectivity index (χ3n) is 2.09. The second-order valence-electron chi connectivity index (χ2n) is 3.31. The molecule has 1 unspecified atom stereocenters. The van der Waals surface area contributed by atoms with Crippen molar-refractivity contribution in [2.24, 2.45) is 5.73 Å². The number of nitrogens with zero attached hydrogens (tertiary/aromatic N) is 3. The summed E-state index contributed by atoms with van der Waals surface area (Å²) in [4.78, 5) is 22.4. The topological polar surface area (TPSA) is 111 Å². The zero-order chi connectivity index (χ0) is 12.3. The van der Waals surface area contributed by atoms with Gasteiger partial charge in [-0.1, -0.05) is 0 Å². The fourth-order valence-corrected chi connectivity index (χ4v) is 1.23. The number of carbonyl (C=O) groups is 1. The Kier molecular flexibility index (Phi) is 3.10. The zero-order valence-corrected chi connectivity index (χ0v) is 8.78. The molecule has 2 rings (SSSR count). The Hall–Kier alpha value is -2.28. The van der Waals surface area contributed by atoms with E-state index in [1.54, 1.807) is 18.3 Å². The molecule has 0 bridgehead atoms. The highest BCUT2D eigenvalue weighted by molar-refractivity contribution is 5.79. The van der Waals surface area contributed by atoms with Crippen LogP contribution in [-0.2, 0) is 4.79 Å². The fourth-order valence-electron chi connectivity index (χ4n) is 1.23. The van der Waals surface area contributed by atoms with Gasteiger partial charge in [0, 0.05) is 6.20 Å². The summed E-state index contributed by atoms with van der Waals surface area (Å²) >= 11 is 0. The van der Waals surface area contributed by atoms with Gasteiger partial charge in [-0.2, -0.15) is 0 Å². The first-order chi connectivity index (χ1) is 8.18. The zero-order valence-electron chi connectivity index (χ0n) is 8.78. The third-order valence-corrected chi connectivity index (χ3v) is 2.09. The summed E-state index contributed by atoms with van der Waals surface area (Å²) in [5.41, 5.74) is 5.81. The van der Waals surface area contributed by atoms with Crippen molar-refractivity contribution >= 4 is 17.0 Å². The molecule has 0 spiro atoms. The fraction of sp³-hybridized carbons (Fsp3) is 0.200. The van der Waals surface area contributed by atoms with Crippen LogP contribution in [0.3, 0.4) is 0 Å². The van der Waals surface area contributed by atoms with Crippen LogP contribution in [0.2, 0.25) is 0 Å². The first-order valence-electron chi connectivity index (χ1n) is 4.85. The largest absolute Gasteiger partial charge is 0.480 e. The van der Waals surface area contributed by atoms with Gasteiger partial charge in [0.15, 0.2) is 5.65 Å². The maximum Gasteiger partial charge on any atom is 0.324 e. The van der Waals surface area contributed by atoms with Gasteiger partial charge in [0.1, 0.15) is 19.0 Å². The van der Waals surface area contributed by atoms with Gasteiger partial charge in [-0.25, -0.2) is 15.0 Å². The molecule has 0 aliphatic carbocycles. The van der Waals surface area contributed by atoms with Crippen molar-refractivity contribution in [1.82, 2.24) is 15.0 Å². The molecule has 17 heavy (non-hydrogen) atoms. The Labute approximate surface area is 96.3 Å². The van der Waals surface area contributed by atoms with Crippen molar-refractivity contribution in [3.8, 4) is 5.88 Å². The quantitative estimate of drug-likeness (QED) is 0.754. The smallest absolute Gasteiger partial charge is 0.324 e. The van der Waals surface area contributed by atoms with Gasteiger partial charge in [0.05, 0.1) is 5.39 Å². The van der Waals surface area contributed by atoms with Gasteiger partial charge in [-0.05, 0) is 12.1 Å². The highest BCUT2D eigenvalue weighted by atomic mass is 16.5. The van der Waals surface area contributed by atoms with Crippen molar-refractivity contribution in [1.29, 1.82) is 0 Å². The number of rotatable bonds is 4. The lowest BCUT2D eigenvalue weighted by Gasteiger charge is -2.09. The van der Waals surface area contributed by atoms with Crippen LogP contribution in [-0.4, -0.2) is 38.7 Å². The summed E-state index contributed by atoms with van der Waals surface area (Å²) in [6, 6.07) is 2.37. The molecule has 0 amide bonds. The van der Waals surface area contributed by atoms with Gasteiger partial charge < -0.3 is 15.6 Å². The normalized spacial score (nSPS) is 12.3. The lowest BCUT2D eigenvalue weighted by Crippen LogP contribution is -2.36. The van der Waals surface area contributed by atoms with Crippen LogP contribution in [0, 0.1) is 0 Å². The van der Waals surface area contributed by atoms with Crippen molar-refractivity contribution in [2.75, 3.05) is 6.61 Å². The van der Waals surface area contributed by atoms with E-state index in [2.05, 4.69) is 15.0 Å². The molecule has 7 nitrogen and oxygen atoms in total. The number of carboxylic acid groups (broad SMARTS) is 1. The number of aliphatic carboxylic acids is 1. The molecule has 0 aliphatic rings. The molecule has 0 saturated carbocycles. The molecule has 7 heteroatoms. The molecule has 2 aromatic rings. The first kappa shape index (κ1) is 11.2. The number of nitrogens with two attached hydrogens (primary N) is 1. The molecule has 2 heterocycles. The van der Waals surface area contributed by atoms with E-state index in [0.717, 1.165) is 0 Å². The highest BCUT2D eigenvalue weighted by Crippen LogP contribution is 2.18. The van der Waals surface area contributed by atoms with E-state index >= 15 is 0 Å². The molecule has 0 saturated heterocycles. The van der Waals surface area contributed by atoms with Gasteiger partial charge in [-0.3, -0.25) is 4.79 Å². The molecule has 1 atom stereocenters. The molecule has 0 aromatic carbocycles. The molecular formula is C10H10N4O3. The minimum atomic E-state index is -1.12. The molecule has 3 N–H and O–H groups in total. The lowest BCUT2D eigenvalue weighted by molar-refractivity contribution is -0.139. The second-order valence-corrected chi connectivity index (χ2v) is 3.31. The number of hydrogen-bond acceptors (Lipinski definition) is 6. The van der Waals surface area contributed by atoms with E-state index < -0.39 is 12.0 Å². The average molecular weight is 234 g/mol. The molecule has 0 fully saturated rings. The average Bonchev–Trinajstić information content (AvgIpc) is 2.35. The number of hydrogen-bond donors (Lipinski definition) is 2.